The summed E-state index contributed by atoms with van der Waals surface area (Å²) in [6.45, 7) is 4.43. The molecule has 8 heteroatoms. The molecule has 0 unspecified atom stereocenters. The van der Waals surface area contributed by atoms with E-state index in [-0.39, 0.29) is 18.4 Å². The second-order valence-electron chi connectivity index (χ2n) is 7.74. The topological polar surface area (TPSA) is 59.1 Å². The fourth-order valence-electron chi connectivity index (χ4n) is 3.96. The van der Waals surface area contributed by atoms with Crippen LogP contribution >= 0.6 is 23.4 Å². The van der Waals surface area contributed by atoms with Crippen LogP contribution in [0.3, 0.4) is 0 Å². The first-order valence-corrected chi connectivity index (χ1v) is 12.3. The van der Waals surface area contributed by atoms with E-state index in [1.165, 1.54) is 6.42 Å². The van der Waals surface area contributed by atoms with Crippen LogP contribution in [0, 0.1) is 0 Å². The van der Waals surface area contributed by atoms with Crippen molar-refractivity contribution < 1.29 is 19.1 Å². The lowest BCUT2D eigenvalue weighted by atomic mass is 10.1. The van der Waals surface area contributed by atoms with Crippen molar-refractivity contribution in [2.75, 3.05) is 43.5 Å². The number of hydrogen-bond donors (Lipinski definition) is 0. The maximum Gasteiger partial charge on any atom is 0.260 e. The maximum atomic E-state index is 13.3. The summed E-state index contributed by atoms with van der Waals surface area (Å²) < 4.78 is 11.5. The smallest absolute Gasteiger partial charge is 0.260 e. The van der Waals surface area contributed by atoms with Crippen LogP contribution in [0.1, 0.15) is 36.5 Å². The molecule has 4 rings (SSSR count). The van der Waals surface area contributed by atoms with Crippen molar-refractivity contribution in [3.05, 3.63) is 47.0 Å². The minimum Gasteiger partial charge on any atom is -0.490 e. The van der Waals surface area contributed by atoms with Gasteiger partial charge < -0.3 is 19.3 Å². The number of benzene rings is 2. The third-order valence-corrected chi connectivity index (χ3v) is 6.86. The molecule has 2 amide bonds. The first kappa shape index (κ1) is 22.8. The zero-order valence-electron chi connectivity index (χ0n) is 18.1. The van der Waals surface area contributed by atoms with E-state index in [0.717, 1.165) is 42.3 Å². The van der Waals surface area contributed by atoms with Gasteiger partial charge in [-0.2, -0.15) is 0 Å². The largest absolute Gasteiger partial charge is 0.490 e. The second kappa shape index (κ2) is 10.5. The van der Waals surface area contributed by atoms with Crippen LogP contribution in [0.15, 0.2) is 41.3 Å². The lowest BCUT2D eigenvalue weighted by Gasteiger charge is -2.29. The zero-order chi connectivity index (χ0) is 22.5. The van der Waals surface area contributed by atoms with Crippen LogP contribution in [0.4, 0.5) is 5.69 Å². The van der Waals surface area contributed by atoms with Crippen LogP contribution in [-0.2, 0) is 4.79 Å². The molecule has 2 aliphatic rings. The number of amides is 2. The van der Waals surface area contributed by atoms with Gasteiger partial charge in [0.25, 0.3) is 11.8 Å². The Bertz CT molecular complexity index is 994. The number of hydrogen-bond acceptors (Lipinski definition) is 5. The van der Waals surface area contributed by atoms with E-state index in [2.05, 4.69) is 0 Å². The number of rotatable bonds is 6. The molecule has 0 aliphatic carbocycles. The average Bonchev–Trinajstić information content (AvgIpc) is 2.83. The molecule has 0 bridgehead atoms. The van der Waals surface area contributed by atoms with Gasteiger partial charge in [-0.05, 0) is 62.6 Å². The van der Waals surface area contributed by atoms with Crippen LogP contribution in [0.2, 0.25) is 5.02 Å². The number of ether oxygens (including phenoxy) is 2. The maximum absolute atomic E-state index is 13.3. The molecule has 2 aromatic rings. The highest BCUT2D eigenvalue weighted by atomic mass is 35.5. The number of nitrogens with zero attached hydrogens (tertiary/aromatic N) is 2. The van der Waals surface area contributed by atoms with E-state index in [9.17, 15) is 9.59 Å². The molecule has 0 N–H and O–H groups in total. The predicted molar refractivity (Wildman–Crippen MR) is 127 cm³/mol. The Labute approximate surface area is 197 Å². The first-order valence-electron chi connectivity index (χ1n) is 11.0. The van der Waals surface area contributed by atoms with Gasteiger partial charge in [-0.15, -0.1) is 11.8 Å². The number of anilines is 1. The van der Waals surface area contributed by atoms with E-state index in [0.29, 0.717) is 35.2 Å². The summed E-state index contributed by atoms with van der Waals surface area (Å²) in [5.41, 5.74) is 1.32. The van der Waals surface area contributed by atoms with Crippen molar-refractivity contribution in [1.82, 2.24) is 4.90 Å². The van der Waals surface area contributed by atoms with Crippen molar-refractivity contribution >= 4 is 40.9 Å². The quantitative estimate of drug-likeness (QED) is 0.597. The Morgan fingerprint density at radius 3 is 2.59 bits per heavy atom. The van der Waals surface area contributed by atoms with Gasteiger partial charge in [0.1, 0.15) is 0 Å². The van der Waals surface area contributed by atoms with Crippen LogP contribution in [0.5, 0.6) is 11.5 Å². The van der Waals surface area contributed by atoms with Crippen molar-refractivity contribution in [1.29, 1.82) is 0 Å². The third kappa shape index (κ3) is 5.15. The van der Waals surface area contributed by atoms with E-state index in [1.807, 2.05) is 30.0 Å². The molecular formula is C24H27ClN2O4S. The van der Waals surface area contributed by atoms with Crippen molar-refractivity contribution in [3.8, 4) is 11.5 Å². The molecular weight excluding hydrogens is 448 g/mol. The Morgan fingerprint density at radius 2 is 1.81 bits per heavy atom. The molecule has 32 heavy (non-hydrogen) atoms. The second-order valence-corrected chi connectivity index (χ2v) is 9.32. The number of thioether (sulfide) groups is 1. The van der Waals surface area contributed by atoms with Crippen LogP contribution in [0.25, 0.3) is 0 Å². The molecule has 2 aromatic carbocycles. The lowest BCUT2D eigenvalue weighted by molar-refractivity contribution is -0.134. The van der Waals surface area contributed by atoms with Crippen molar-refractivity contribution in [2.24, 2.45) is 0 Å². The van der Waals surface area contributed by atoms with Gasteiger partial charge in [-0.25, -0.2) is 0 Å². The highest BCUT2D eigenvalue weighted by molar-refractivity contribution is 7.99. The summed E-state index contributed by atoms with van der Waals surface area (Å²) >= 11 is 7.90. The lowest BCUT2D eigenvalue weighted by Crippen LogP contribution is -2.38. The van der Waals surface area contributed by atoms with Gasteiger partial charge in [0.2, 0.25) is 0 Å². The fourth-order valence-corrected chi connectivity index (χ4v) is 5.10. The molecule has 0 saturated carbocycles. The minimum atomic E-state index is -0.120. The van der Waals surface area contributed by atoms with E-state index in [1.54, 1.807) is 34.9 Å². The fraction of sp³-hybridized carbons (Fsp3) is 0.417. The minimum absolute atomic E-state index is 0.0217. The molecule has 0 atom stereocenters. The van der Waals surface area contributed by atoms with Crippen molar-refractivity contribution in [2.45, 2.75) is 31.1 Å². The molecule has 0 spiro atoms. The molecule has 1 saturated heterocycles. The number of likely N-dealkylation sites (tertiary alicyclic amines) is 1. The van der Waals surface area contributed by atoms with Gasteiger partial charge >= 0.3 is 0 Å². The van der Waals surface area contributed by atoms with E-state index >= 15 is 0 Å². The summed E-state index contributed by atoms with van der Waals surface area (Å²) in [7, 11) is 0. The molecule has 0 aromatic heterocycles. The number of carbonyl (C=O) groups is 2. The summed E-state index contributed by atoms with van der Waals surface area (Å²) in [5, 5.41) is 0.598. The average molecular weight is 475 g/mol. The Hall–Kier alpha value is -2.38. The number of piperidine rings is 1. The molecule has 1 fully saturated rings. The first-order chi connectivity index (χ1) is 15.6. The van der Waals surface area contributed by atoms with Crippen molar-refractivity contribution in [3.63, 3.8) is 0 Å². The summed E-state index contributed by atoms with van der Waals surface area (Å²) in [6, 6.07) is 10.7. The number of halogens is 1. The monoisotopic (exact) mass is 474 g/mol. The SMILES string of the molecule is CCOc1cc(C(=O)N2CCSc3ccc(Cl)cc32)ccc1OCC(=O)N1CCCCC1. The molecule has 170 valence electrons. The number of carbonyl (C=O) groups excluding carboxylic acids is 2. The van der Waals surface area contributed by atoms with Crippen LogP contribution < -0.4 is 14.4 Å². The van der Waals surface area contributed by atoms with E-state index in [4.69, 9.17) is 21.1 Å². The molecule has 6 nitrogen and oxygen atoms in total. The predicted octanol–water partition coefficient (Wildman–Crippen LogP) is 4.88. The Kier molecular flexibility index (Phi) is 7.48. The third-order valence-electron chi connectivity index (χ3n) is 5.58. The zero-order valence-corrected chi connectivity index (χ0v) is 19.7. The van der Waals surface area contributed by atoms with Gasteiger partial charge in [0.15, 0.2) is 18.1 Å². The highest BCUT2D eigenvalue weighted by Crippen LogP contribution is 2.38. The van der Waals surface area contributed by atoms with E-state index < -0.39 is 0 Å². The molecule has 0 radical (unpaired) electrons. The normalized spacial score (nSPS) is 15.8. The number of fused-ring (bicyclic) bond motifs is 1. The van der Waals surface area contributed by atoms with Gasteiger partial charge in [0, 0.05) is 40.9 Å². The van der Waals surface area contributed by atoms with Crippen LogP contribution in [-0.4, -0.2) is 55.3 Å². The van der Waals surface area contributed by atoms with Gasteiger partial charge in [-0.1, -0.05) is 11.6 Å². The molecule has 2 heterocycles. The summed E-state index contributed by atoms with van der Waals surface area (Å²) in [6.07, 6.45) is 3.24. The highest BCUT2D eigenvalue weighted by Gasteiger charge is 2.25. The summed E-state index contributed by atoms with van der Waals surface area (Å²) in [4.78, 5) is 30.4. The van der Waals surface area contributed by atoms with Gasteiger partial charge in [-0.3, -0.25) is 9.59 Å². The molecule has 2 aliphatic heterocycles. The Balaban J connectivity index is 1.51. The summed E-state index contributed by atoms with van der Waals surface area (Å²) in [5.74, 6) is 1.60. The Morgan fingerprint density at radius 1 is 1.00 bits per heavy atom. The standard InChI is InChI=1S/C24H27ClN2O4S/c1-2-30-21-14-17(6-8-20(21)31-16-23(28)26-10-4-3-5-11-26)24(29)27-12-13-32-22-9-7-18(25)15-19(22)27/h6-9,14-15H,2-5,10-13,16H2,1H3. The van der Waals surface area contributed by atoms with Gasteiger partial charge in [0.05, 0.1) is 12.3 Å².